The molecule has 0 aromatic carbocycles. The van der Waals surface area contributed by atoms with Crippen LogP contribution in [0.5, 0.6) is 0 Å². The summed E-state index contributed by atoms with van der Waals surface area (Å²) in [6, 6.07) is 0. The summed E-state index contributed by atoms with van der Waals surface area (Å²) in [6.07, 6.45) is -4.35. The minimum Gasteiger partial charge on any atom is -0.383 e. The van der Waals surface area contributed by atoms with Gasteiger partial charge in [0.05, 0.1) is 0 Å². The largest absolute Gasteiger partial charge is 0.383 e. The van der Waals surface area contributed by atoms with Crippen LogP contribution in [0.25, 0.3) is 0 Å². The van der Waals surface area contributed by atoms with Gasteiger partial charge in [-0.25, -0.2) is 13.2 Å². The molecule has 1 N–H and O–H groups in total. The third-order valence-electron chi connectivity index (χ3n) is 0.930. The second-order valence-electron chi connectivity index (χ2n) is 1.52. The zero-order valence-electron chi connectivity index (χ0n) is 3.94. The number of alkyl halides is 3. The molecule has 0 aromatic heterocycles. The van der Waals surface area contributed by atoms with Crippen molar-refractivity contribution >= 4 is 0 Å². The molecule has 0 bridgehead atoms. The molecule has 0 spiro atoms. The fraction of sp³-hybridized carbons (Fsp3) is 1.00. The summed E-state index contributed by atoms with van der Waals surface area (Å²) in [5.41, 5.74) is 0. The molecule has 1 rings (SSSR count). The summed E-state index contributed by atoms with van der Waals surface area (Å²) < 4.78 is 33.9. The predicted octanol–water partition coefficient (Wildman–Crippen LogP) is 0.334. The van der Waals surface area contributed by atoms with Crippen LogP contribution in [0.4, 0.5) is 13.2 Å². The van der Waals surface area contributed by atoms with E-state index in [1.165, 1.54) is 0 Å². The summed E-state index contributed by atoms with van der Waals surface area (Å²) in [5, 5.41) is 7.84. The second kappa shape index (κ2) is 1.12. The van der Waals surface area contributed by atoms with Crippen LogP contribution in [0.1, 0.15) is 0 Å². The molecule has 0 heterocycles. The molecular weight excluding hydrogens is 376 g/mol. The van der Waals surface area contributed by atoms with Crippen LogP contribution >= 0.6 is 0 Å². The van der Waals surface area contributed by atoms with Crippen molar-refractivity contribution < 1.29 is 18.3 Å². The molecule has 0 amide bonds. The van der Waals surface area contributed by atoms with Crippen LogP contribution in [-0.2, 0) is 0 Å². The van der Waals surface area contributed by atoms with E-state index in [2.05, 4.69) is 0 Å². The molecule has 2 atom stereocenters. The third-order valence-corrected chi connectivity index (χ3v) is 0.930. The summed E-state index contributed by atoms with van der Waals surface area (Å²) in [6.45, 7) is 0. The van der Waals surface area contributed by atoms with E-state index in [1.54, 1.807) is 0 Å². The molecule has 44 valence electrons. The molecule has 1 fully saturated rings. The SMILES string of the molecule is OC1C(F)C1(F)F.[Rf]. The fourth-order valence-electron chi connectivity index (χ4n) is 0.275. The molecule has 8 heavy (non-hydrogen) atoms. The average molecular weight is 379 g/mol. The normalized spacial score (nSPS) is 40.5. The summed E-state index contributed by atoms with van der Waals surface area (Å²) >= 11 is 0. The molecule has 1 saturated carbocycles. The first-order chi connectivity index (χ1) is 3.07. The topological polar surface area (TPSA) is 20.2 Å². The van der Waals surface area contributed by atoms with Crippen LogP contribution in [0, 0.1) is 0 Å². The van der Waals surface area contributed by atoms with E-state index in [0.29, 0.717) is 0 Å². The molecule has 0 aromatic rings. The Balaban J connectivity index is 0.000000490. The Morgan fingerprint density at radius 1 is 1.38 bits per heavy atom. The number of aliphatic hydroxyl groups is 1. The van der Waals surface area contributed by atoms with E-state index in [1.807, 2.05) is 0 Å². The number of halogens is 3. The van der Waals surface area contributed by atoms with Gasteiger partial charge < -0.3 is 5.11 Å². The van der Waals surface area contributed by atoms with Crippen molar-refractivity contribution in [1.82, 2.24) is 0 Å². The standard InChI is InChI=1S/C3H3F3O.Rf/c4-1-2(7)3(1,5)6;/h1-2,7H;. The van der Waals surface area contributed by atoms with Crippen LogP contribution in [0.15, 0.2) is 0 Å². The van der Waals surface area contributed by atoms with Gasteiger partial charge in [0, 0.05) is 0 Å². The van der Waals surface area contributed by atoms with Crippen LogP contribution in [0.2, 0.25) is 0 Å². The van der Waals surface area contributed by atoms with E-state index in [4.69, 9.17) is 5.11 Å². The maximum absolute atomic E-state index is 11.3. The Bertz CT molecular complexity index is 86.5. The zero-order chi connectivity index (χ0) is 5.65. The molecule has 2 unspecified atom stereocenters. The number of hydrogen-bond acceptors (Lipinski definition) is 1. The fourth-order valence-corrected chi connectivity index (χ4v) is 0.275. The first-order valence-corrected chi connectivity index (χ1v) is 1.77. The Kier molecular flexibility index (Phi) is 0.947. The van der Waals surface area contributed by atoms with Gasteiger partial charge >= 0.3 is 5.92 Å². The Morgan fingerprint density at radius 3 is 1.50 bits per heavy atom. The minimum absolute atomic E-state index is 0. The minimum atomic E-state index is -3.44. The Morgan fingerprint density at radius 2 is 1.50 bits per heavy atom. The van der Waals surface area contributed by atoms with Gasteiger partial charge in [-0.2, -0.15) is 0 Å². The van der Waals surface area contributed by atoms with Crippen molar-refractivity contribution in [3.8, 4) is 0 Å². The zero-order valence-corrected chi connectivity index (χ0v) is 10.3. The van der Waals surface area contributed by atoms with E-state index >= 15 is 0 Å². The van der Waals surface area contributed by atoms with Crippen LogP contribution < -0.4 is 0 Å². The maximum Gasteiger partial charge on any atom is 0.309 e. The smallest absolute Gasteiger partial charge is 0.309 e. The van der Waals surface area contributed by atoms with Crippen molar-refractivity contribution in [3.05, 3.63) is 0 Å². The van der Waals surface area contributed by atoms with Gasteiger partial charge in [-0.05, 0) is 0 Å². The van der Waals surface area contributed by atoms with Crippen molar-refractivity contribution in [3.63, 3.8) is 0 Å². The van der Waals surface area contributed by atoms with Gasteiger partial charge in [0.2, 0.25) is 0 Å². The first-order valence-electron chi connectivity index (χ1n) is 1.77. The molecule has 5 heteroatoms. The molecule has 1 aliphatic rings. The number of aliphatic hydroxyl groups excluding tert-OH is 1. The van der Waals surface area contributed by atoms with E-state index in [-0.39, 0.29) is 0 Å². The number of hydrogen-bond donors (Lipinski definition) is 1. The predicted molar refractivity (Wildman–Crippen MR) is 15.8 cm³/mol. The van der Waals surface area contributed by atoms with Crippen molar-refractivity contribution in [2.75, 3.05) is 0 Å². The van der Waals surface area contributed by atoms with Crippen molar-refractivity contribution in [2.45, 2.75) is 18.2 Å². The van der Waals surface area contributed by atoms with E-state index < -0.39 is 18.2 Å². The second-order valence-corrected chi connectivity index (χ2v) is 1.52. The average Bonchev–Trinajstić information content (AvgIpc) is 1.91. The van der Waals surface area contributed by atoms with Gasteiger partial charge in [0.25, 0.3) is 0 Å². The number of rotatable bonds is 0. The van der Waals surface area contributed by atoms with Crippen LogP contribution in [-0.4, -0.2) is 23.3 Å². The van der Waals surface area contributed by atoms with E-state index in [0.717, 1.165) is 0 Å². The monoisotopic (exact) mass is 379 g/mol. The van der Waals surface area contributed by atoms with Crippen molar-refractivity contribution in [1.29, 1.82) is 0 Å². The Labute approximate surface area is 37.8 Å². The summed E-state index contributed by atoms with van der Waals surface area (Å²) in [5.74, 6) is -3.44. The molecular formula is C3H3F3ORf. The van der Waals surface area contributed by atoms with Gasteiger partial charge in [0.15, 0.2) is 12.3 Å². The Hall–Kier alpha value is -1.25. The van der Waals surface area contributed by atoms with Gasteiger partial charge in [-0.3, -0.25) is 0 Å². The molecule has 0 saturated heterocycles. The summed E-state index contributed by atoms with van der Waals surface area (Å²) in [4.78, 5) is 0. The summed E-state index contributed by atoms with van der Waals surface area (Å²) in [7, 11) is 0. The van der Waals surface area contributed by atoms with Crippen molar-refractivity contribution in [2.24, 2.45) is 0 Å². The molecule has 0 radical (unpaired) electrons. The third kappa shape index (κ3) is 0.411. The van der Waals surface area contributed by atoms with Gasteiger partial charge in [0.1, 0.15) is 0 Å². The molecule has 1 nitrogen and oxygen atoms in total. The maximum atomic E-state index is 11.3. The first kappa shape index (κ1) is 6.75. The van der Waals surface area contributed by atoms with Crippen LogP contribution in [0.3, 0.4) is 0 Å². The van der Waals surface area contributed by atoms with Gasteiger partial charge in [-0.1, -0.05) is 0 Å². The van der Waals surface area contributed by atoms with E-state index in [9.17, 15) is 13.2 Å². The van der Waals surface area contributed by atoms with Gasteiger partial charge in [-0.15, -0.1) is 0 Å². The quantitative estimate of drug-likeness (QED) is 0.644. The molecule has 0 aliphatic heterocycles. The molecule has 1 aliphatic carbocycles.